The van der Waals surface area contributed by atoms with Crippen LogP contribution in [-0.2, 0) is 4.79 Å². The molecule has 2 N–H and O–H groups in total. The van der Waals surface area contributed by atoms with Crippen molar-refractivity contribution in [3.05, 3.63) is 90.0 Å². The molecule has 0 saturated heterocycles. The molecule has 0 unspecified atom stereocenters. The summed E-state index contributed by atoms with van der Waals surface area (Å²) in [6, 6.07) is 23.9. The summed E-state index contributed by atoms with van der Waals surface area (Å²) in [6.45, 7) is 2.03. The van der Waals surface area contributed by atoms with Gasteiger partial charge in [-0.2, -0.15) is 0 Å². The van der Waals surface area contributed by atoms with Crippen LogP contribution in [-0.4, -0.2) is 18.9 Å². The van der Waals surface area contributed by atoms with Crippen molar-refractivity contribution in [2.75, 3.05) is 17.7 Å². The average Bonchev–Trinajstić information content (AvgIpc) is 2.75. The van der Waals surface area contributed by atoms with Gasteiger partial charge in [0.1, 0.15) is 5.75 Å². The fourth-order valence-electron chi connectivity index (χ4n) is 2.97. The summed E-state index contributed by atoms with van der Waals surface area (Å²) in [6.07, 6.45) is 0.393. The van der Waals surface area contributed by atoms with Gasteiger partial charge in [0.25, 0.3) is 5.91 Å². The Bertz CT molecular complexity index is 952. The second-order valence-corrected chi connectivity index (χ2v) is 6.82. The number of rotatable bonds is 7. The molecule has 3 aromatic rings. The first-order chi connectivity index (χ1) is 14.0. The number of methoxy groups -OCH3 is 1. The molecular weight excluding hydrogens is 364 g/mol. The number of anilines is 2. The minimum atomic E-state index is -0.217. The zero-order valence-electron chi connectivity index (χ0n) is 16.5. The highest BCUT2D eigenvalue weighted by Gasteiger charge is 2.12. The maximum atomic E-state index is 12.4. The molecule has 0 aliphatic rings. The van der Waals surface area contributed by atoms with Crippen LogP contribution in [0.3, 0.4) is 0 Å². The van der Waals surface area contributed by atoms with Gasteiger partial charge in [0.2, 0.25) is 5.91 Å². The van der Waals surface area contributed by atoms with Crippen molar-refractivity contribution in [1.82, 2.24) is 0 Å². The predicted octanol–water partition coefficient (Wildman–Crippen LogP) is 5.08. The zero-order valence-corrected chi connectivity index (χ0v) is 16.5. The van der Waals surface area contributed by atoms with Crippen LogP contribution in [0.4, 0.5) is 11.4 Å². The molecule has 1 atom stereocenters. The van der Waals surface area contributed by atoms with Gasteiger partial charge in [-0.15, -0.1) is 0 Å². The van der Waals surface area contributed by atoms with Crippen LogP contribution in [0.15, 0.2) is 78.9 Å². The zero-order chi connectivity index (χ0) is 20.6. The molecule has 0 aliphatic heterocycles. The summed E-state index contributed by atoms with van der Waals surface area (Å²) in [5.74, 6) is 0.581. The lowest BCUT2D eigenvalue weighted by molar-refractivity contribution is -0.116. The van der Waals surface area contributed by atoms with Gasteiger partial charge < -0.3 is 15.4 Å². The van der Waals surface area contributed by atoms with Crippen molar-refractivity contribution >= 4 is 23.2 Å². The van der Waals surface area contributed by atoms with Gasteiger partial charge in [0.15, 0.2) is 0 Å². The Balaban J connectivity index is 1.55. The first kappa shape index (κ1) is 20.1. The Hall–Kier alpha value is -3.60. The normalized spacial score (nSPS) is 11.4. The van der Waals surface area contributed by atoms with Crippen molar-refractivity contribution in [3.63, 3.8) is 0 Å². The molecule has 0 bridgehead atoms. The second-order valence-electron chi connectivity index (χ2n) is 6.82. The third-order valence-electron chi connectivity index (χ3n) is 4.64. The van der Waals surface area contributed by atoms with E-state index in [9.17, 15) is 9.59 Å². The molecule has 5 nitrogen and oxygen atoms in total. The number of hydrogen-bond acceptors (Lipinski definition) is 3. The molecule has 0 heterocycles. The Morgan fingerprint density at radius 1 is 0.828 bits per heavy atom. The number of carbonyl (C=O) groups excluding carboxylic acids is 2. The minimum absolute atomic E-state index is 0.0585. The Labute approximate surface area is 170 Å². The van der Waals surface area contributed by atoms with E-state index in [1.54, 1.807) is 55.6 Å². The second kappa shape index (κ2) is 9.55. The molecule has 0 spiro atoms. The van der Waals surface area contributed by atoms with Gasteiger partial charge in [-0.25, -0.2) is 0 Å². The lowest BCUT2D eigenvalue weighted by Gasteiger charge is -2.12. The number of hydrogen-bond donors (Lipinski definition) is 2. The molecule has 2 amide bonds. The third kappa shape index (κ3) is 5.69. The summed E-state index contributed by atoms with van der Waals surface area (Å²) in [7, 11) is 1.59. The molecule has 0 aromatic heterocycles. The molecular formula is C24H24N2O3. The van der Waals surface area contributed by atoms with E-state index >= 15 is 0 Å². The monoisotopic (exact) mass is 388 g/mol. The lowest BCUT2D eigenvalue weighted by Crippen LogP contribution is -2.15. The van der Waals surface area contributed by atoms with Crippen LogP contribution < -0.4 is 15.4 Å². The fraction of sp³-hybridized carbons (Fsp3) is 0.167. The molecule has 0 saturated carbocycles. The van der Waals surface area contributed by atoms with E-state index in [0.29, 0.717) is 23.4 Å². The molecule has 0 radical (unpaired) electrons. The molecule has 0 fully saturated rings. The van der Waals surface area contributed by atoms with Crippen LogP contribution in [0, 0.1) is 0 Å². The van der Waals surface area contributed by atoms with E-state index in [-0.39, 0.29) is 17.7 Å². The number of nitrogens with one attached hydrogen (secondary N) is 2. The Morgan fingerprint density at radius 3 is 2.03 bits per heavy atom. The quantitative estimate of drug-likeness (QED) is 0.593. The summed E-state index contributed by atoms with van der Waals surface area (Å²) in [5, 5.41) is 5.72. The van der Waals surface area contributed by atoms with Crippen molar-refractivity contribution < 1.29 is 14.3 Å². The van der Waals surface area contributed by atoms with Crippen molar-refractivity contribution in [3.8, 4) is 5.75 Å². The van der Waals surface area contributed by atoms with Crippen LogP contribution in [0.5, 0.6) is 5.75 Å². The van der Waals surface area contributed by atoms with Crippen LogP contribution in [0.1, 0.15) is 35.2 Å². The Morgan fingerprint density at radius 2 is 1.41 bits per heavy atom. The molecule has 3 aromatic carbocycles. The first-order valence-electron chi connectivity index (χ1n) is 9.45. The van der Waals surface area contributed by atoms with E-state index in [1.165, 1.54) is 0 Å². The number of benzene rings is 3. The van der Waals surface area contributed by atoms with Crippen LogP contribution in [0.25, 0.3) is 0 Å². The van der Waals surface area contributed by atoms with Gasteiger partial charge in [-0.05, 0) is 60.0 Å². The fourth-order valence-corrected chi connectivity index (χ4v) is 2.97. The van der Waals surface area contributed by atoms with E-state index in [0.717, 1.165) is 11.3 Å². The van der Waals surface area contributed by atoms with Gasteiger partial charge >= 0.3 is 0 Å². The minimum Gasteiger partial charge on any atom is -0.497 e. The summed E-state index contributed by atoms with van der Waals surface area (Å²) in [5.41, 5.74) is 2.99. The van der Waals surface area contributed by atoms with Gasteiger partial charge in [-0.3, -0.25) is 9.59 Å². The number of amides is 2. The van der Waals surface area contributed by atoms with E-state index < -0.39 is 0 Å². The van der Waals surface area contributed by atoms with Gasteiger partial charge in [0.05, 0.1) is 7.11 Å². The summed E-state index contributed by atoms with van der Waals surface area (Å²) in [4.78, 5) is 24.7. The third-order valence-corrected chi connectivity index (χ3v) is 4.64. The highest BCUT2D eigenvalue weighted by atomic mass is 16.5. The van der Waals surface area contributed by atoms with Crippen molar-refractivity contribution in [2.45, 2.75) is 19.3 Å². The van der Waals surface area contributed by atoms with Crippen LogP contribution >= 0.6 is 0 Å². The van der Waals surface area contributed by atoms with Crippen molar-refractivity contribution in [1.29, 1.82) is 0 Å². The molecule has 3 rings (SSSR count). The highest BCUT2D eigenvalue weighted by molar-refractivity contribution is 6.04. The highest BCUT2D eigenvalue weighted by Crippen LogP contribution is 2.20. The number of ether oxygens (including phenoxy) is 1. The molecule has 5 heteroatoms. The van der Waals surface area contributed by atoms with E-state index in [2.05, 4.69) is 10.6 Å². The maximum absolute atomic E-state index is 12.4. The van der Waals surface area contributed by atoms with E-state index in [4.69, 9.17) is 4.74 Å². The summed E-state index contributed by atoms with van der Waals surface area (Å²) < 4.78 is 5.11. The van der Waals surface area contributed by atoms with Gasteiger partial charge in [0, 0.05) is 23.4 Å². The first-order valence-corrected chi connectivity index (χ1v) is 9.45. The molecule has 148 valence electrons. The van der Waals surface area contributed by atoms with Crippen molar-refractivity contribution in [2.24, 2.45) is 0 Å². The topological polar surface area (TPSA) is 67.4 Å². The summed E-state index contributed by atoms with van der Waals surface area (Å²) >= 11 is 0. The molecule has 29 heavy (non-hydrogen) atoms. The standard InChI is InChI=1S/C24H24N2O3/c1-17(18-6-4-3-5-7-18)16-23(27)25-20-10-8-19(9-11-20)24(28)26-21-12-14-22(29-2)15-13-21/h3-15,17H,16H2,1-2H3,(H,25,27)(H,26,28)/t17-/m1/s1. The lowest BCUT2D eigenvalue weighted by atomic mass is 9.97. The predicted molar refractivity (Wildman–Crippen MR) is 115 cm³/mol. The van der Waals surface area contributed by atoms with E-state index in [1.807, 2.05) is 37.3 Å². The number of carbonyl (C=O) groups is 2. The largest absolute Gasteiger partial charge is 0.497 e. The van der Waals surface area contributed by atoms with Gasteiger partial charge in [-0.1, -0.05) is 37.3 Å². The maximum Gasteiger partial charge on any atom is 0.255 e. The smallest absolute Gasteiger partial charge is 0.255 e. The average molecular weight is 388 g/mol. The van der Waals surface area contributed by atoms with Crippen LogP contribution in [0.2, 0.25) is 0 Å². The molecule has 0 aliphatic carbocycles. The SMILES string of the molecule is COc1ccc(NC(=O)c2ccc(NC(=O)C[C@@H](C)c3ccccc3)cc2)cc1. The Kier molecular flexibility index (Phi) is 6.63.